The molecule has 3 saturated carbocycles. The van der Waals surface area contributed by atoms with Crippen molar-refractivity contribution >= 4 is 11.8 Å². The van der Waals surface area contributed by atoms with Crippen LogP contribution < -0.4 is 20.1 Å². The summed E-state index contributed by atoms with van der Waals surface area (Å²) in [5.41, 5.74) is -0.220. The smallest absolute Gasteiger partial charge is 0.258 e. The van der Waals surface area contributed by atoms with Crippen molar-refractivity contribution in [2.24, 2.45) is 17.8 Å². The molecule has 152 valence electrons. The normalized spacial score (nSPS) is 29.7. The van der Waals surface area contributed by atoms with E-state index in [2.05, 4.69) is 10.6 Å². The van der Waals surface area contributed by atoms with Crippen LogP contribution >= 0.6 is 0 Å². The van der Waals surface area contributed by atoms with Crippen LogP contribution in [-0.2, 0) is 11.3 Å². The van der Waals surface area contributed by atoms with Gasteiger partial charge in [0.1, 0.15) is 17.3 Å². The van der Waals surface area contributed by atoms with Crippen molar-refractivity contribution < 1.29 is 23.5 Å². The van der Waals surface area contributed by atoms with E-state index < -0.39 is 5.72 Å². The maximum Gasteiger partial charge on any atom is 0.258 e. The lowest BCUT2D eigenvalue weighted by Gasteiger charge is -2.55. The standard InChI is InChI=1S/C22H24N2O5/c1-27-15-6-7-17-19(10-15)29-22(24-21(17)26)11-13-4-5-14(22)9-18(13)20(25)23-12-16-3-2-8-28-16/h2-3,6-8,10,13-14,18H,4-5,9,11-12H2,1H3,(H,23,25)(H,24,26)/t13-,14-,18+,22-/m1/s1. The highest BCUT2D eigenvalue weighted by Gasteiger charge is 2.57. The van der Waals surface area contributed by atoms with Crippen LogP contribution in [0.25, 0.3) is 0 Å². The Labute approximate surface area is 168 Å². The average Bonchev–Trinajstić information content (AvgIpc) is 3.25. The number of rotatable bonds is 4. The van der Waals surface area contributed by atoms with E-state index in [-0.39, 0.29) is 29.6 Å². The molecule has 1 spiro atoms. The summed E-state index contributed by atoms with van der Waals surface area (Å²) < 4.78 is 17.0. The van der Waals surface area contributed by atoms with Gasteiger partial charge >= 0.3 is 0 Å². The number of hydrogen-bond donors (Lipinski definition) is 2. The van der Waals surface area contributed by atoms with Gasteiger partial charge in [-0.15, -0.1) is 0 Å². The first-order chi connectivity index (χ1) is 14.1. The zero-order chi connectivity index (χ0) is 20.0. The Kier molecular flexibility index (Phi) is 4.26. The van der Waals surface area contributed by atoms with Crippen molar-refractivity contribution in [3.05, 3.63) is 47.9 Å². The first-order valence-corrected chi connectivity index (χ1v) is 10.1. The van der Waals surface area contributed by atoms with Crippen molar-refractivity contribution in [2.75, 3.05) is 7.11 Å². The second-order valence-electron chi connectivity index (χ2n) is 8.19. The Morgan fingerprint density at radius 1 is 1.34 bits per heavy atom. The fraction of sp³-hybridized carbons (Fsp3) is 0.455. The Morgan fingerprint density at radius 3 is 2.97 bits per heavy atom. The number of ether oxygens (including phenoxy) is 2. The number of methoxy groups -OCH3 is 1. The van der Waals surface area contributed by atoms with Gasteiger partial charge in [-0.1, -0.05) is 0 Å². The van der Waals surface area contributed by atoms with Gasteiger partial charge in [-0.25, -0.2) is 0 Å². The minimum Gasteiger partial charge on any atom is -0.497 e. The number of benzene rings is 1. The SMILES string of the molecule is COc1ccc2c(c1)O[C@@]1(C[C@H]3CC[C@@H]1C[C@@H]3C(=O)NCc1ccco1)NC2=O. The van der Waals surface area contributed by atoms with Crippen molar-refractivity contribution in [2.45, 2.75) is 38.0 Å². The second-order valence-corrected chi connectivity index (χ2v) is 8.19. The van der Waals surface area contributed by atoms with Crippen LogP contribution in [0.5, 0.6) is 11.5 Å². The van der Waals surface area contributed by atoms with Gasteiger partial charge in [-0.3, -0.25) is 9.59 Å². The summed E-state index contributed by atoms with van der Waals surface area (Å²) >= 11 is 0. The summed E-state index contributed by atoms with van der Waals surface area (Å²) in [6, 6.07) is 8.91. The van der Waals surface area contributed by atoms with Gasteiger partial charge in [-0.2, -0.15) is 0 Å². The molecule has 1 aliphatic heterocycles. The van der Waals surface area contributed by atoms with Crippen molar-refractivity contribution in [3.8, 4) is 11.5 Å². The quantitative estimate of drug-likeness (QED) is 0.830. The van der Waals surface area contributed by atoms with E-state index in [1.807, 2.05) is 12.1 Å². The van der Waals surface area contributed by atoms with Gasteiger partial charge in [0.2, 0.25) is 5.91 Å². The summed E-state index contributed by atoms with van der Waals surface area (Å²) in [5.74, 6) is 2.07. The highest BCUT2D eigenvalue weighted by Crippen LogP contribution is 2.52. The summed E-state index contributed by atoms with van der Waals surface area (Å²) in [6.45, 7) is 0.394. The third-order valence-corrected chi connectivity index (χ3v) is 6.62. The zero-order valence-corrected chi connectivity index (χ0v) is 16.3. The number of carbonyl (C=O) groups is 2. The Balaban J connectivity index is 1.33. The highest BCUT2D eigenvalue weighted by atomic mass is 16.5. The second kappa shape index (κ2) is 6.83. The van der Waals surface area contributed by atoms with Gasteiger partial charge in [-0.05, 0) is 49.4 Å². The molecule has 4 aliphatic rings. The van der Waals surface area contributed by atoms with Crippen LogP contribution in [0.4, 0.5) is 0 Å². The van der Waals surface area contributed by atoms with E-state index in [4.69, 9.17) is 13.9 Å². The van der Waals surface area contributed by atoms with Crippen molar-refractivity contribution in [3.63, 3.8) is 0 Å². The molecule has 2 bridgehead atoms. The van der Waals surface area contributed by atoms with Gasteiger partial charge < -0.3 is 24.5 Å². The molecule has 2 N–H and O–H groups in total. The third-order valence-electron chi connectivity index (χ3n) is 6.62. The molecule has 1 aromatic heterocycles. The van der Waals surface area contributed by atoms with Gasteiger partial charge in [0, 0.05) is 24.3 Å². The van der Waals surface area contributed by atoms with E-state index in [9.17, 15) is 9.59 Å². The van der Waals surface area contributed by atoms with E-state index in [0.717, 1.165) is 18.6 Å². The van der Waals surface area contributed by atoms with E-state index in [1.54, 1.807) is 31.6 Å². The summed E-state index contributed by atoms with van der Waals surface area (Å²) in [5, 5.41) is 6.12. The summed E-state index contributed by atoms with van der Waals surface area (Å²) in [6.07, 6.45) is 4.85. The monoisotopic (exact) mass is 396 g/mol. The van der Waals surface area contributed by atoms with Crippen LogP contribution in [0.2, 0.25) is 0 Å². The minimum absolute atomic E-state index is 0.0511. The predicted molar refractivity (Wildman–Crippen MR) is 103 cm³/mol. The summed E-state index contributed by atoms with van der Waals surface area (Å²) in [4.78, 5) is 25.6. The maximum atomic E-state index is 12.8. The molecular weight excluding hydrogens is 372 g/mol. The molecule has 0 radical (unpaired) electrons. The molecule has 2 aromatic rings. The molecule has 6 rings (SSSR count). The average molecular weight is 396 g/mol. The molecule has 7 nitrogen and oxygen atoms in total. The molecule has 7 heteroatoms. The highest BCUT2D eigenvalue weighted by molar-refractivity contribution is 5.98. The number of furan rings is 1. The van der Waals surface area contributed by atoms with E-state index in [0.29, 0.717) is 36.4 Å². The topological polar surface area (TPSA) is 89.8 Å². The first-order valence-electron chi connectivity index (χ1n) is 10.1. The number of nitrogens with one attached hydrogen (secondary N) is 2. The Morgan fingerprint density at radius 2 is 2.24 bits per heavy atom. The number of hydrogen-bond acceptors (Lipinski definition) is 5. The first kappa shape index (κ1) is 18.1. The molecule has 0 unspecified atom stereocenters. The minimum atomic E-state index is -0.739. The van der Waals surface area contributed by atoms with Gasteiger partial charge in [0.25, 0.3) is 5.91 Å². The van der Waals surface area contributed by atoms with Crippen molar-refractivity contribution in [1.82, 2.24) is 10.6 Å². The largest absolute Gasteiger partial charge is 0.497 e. The molecule has 3 fully saturated rings. The summed E-state index contributed by atoms with van der Waals surface area (Å²) in [7, 11) is 1.59. The Hall–Kier alpha value is -2.96. The molecule has 4 atom stereocenters. The van der Waals surface area contributed by atoms with Crippen LogP contribution in [0.3, 0.4) is 0 Å². The molecular formula is C22H24N2O5. The van der Waals surface area contributed by atoms with Crippen LogP contribution in [-0.4, -0.2) is 24.6 Å². The lowest BCUT2D eigenvalue weighted by Crippen LogP contribution is -2.66. The fourth-order valence-corrected chi connectivity index (χ4v) is 5.16. The number of carbonyl (C=O) groups excluding carboxylic acids is 2. The lowest BCUT2D eigenvalue weighted by molar-refractivity contribution is -0.146. The Bertz CT molecular complexity index is 941. The van der Waals surface area contributed by atoms with Crippen LogP contribution in [0, 0.1) is 17.8 Å². The van der Waals surface area contributed by atoms with Gasteiger partial charge in [0.15, 0.2) is 5.72 Å². The fourth-order valence-electron chi connectivity index (χ4n) is 5.16. The van der Waals surface area contributed by atoms with Crippen LogP contribution in [0.15, 0.2) is 41.0 Å². The molecule has 3 aliphatic carbocycles. The maximum absolute atomic E-state index is 12.8. The molecule has 1 aromatic carbocycles. The van der Waals surface area contributed by atoms with Gasteiger partial charge in [0.05, 0.1) is 25.5 Å². The van der Waals surface area contributed by atoms with E-state index >= 15 is 0 Å². The number of amides is 2. The number of fused-ring (bicyclic) bond motifs is 3. The lowest BCUT2D eigenvalue weighted by atomic mass is 9.60. The zero-order valence-electron chi connectivity index (χ0n) is 16.3. The molecule has 2 amide bonds. The molecule has 29 heavy (non-hydrogen) atoms. The molecule has 0 saturated heterocycles. The van der Waals surface area contributed by atoms with E-state index in [1.165, 1.54) is 0 Å². The third kappa shape index (κ3) is 3.05. The predicted octanol–water partition coefficient (Wildman–Crippen LogP) is 2.86. The van der Waals surface area contributed by atoms with Crippen LogP contribution in [0.1, 0.15) is 41.8 Å². The van der Waals surface area contributed by atoms with Crippen molar-refractivity contribution in [1.29, 1.82) is 0 Å². The molecule has 2 heterocycles.